The Bertz CT molecular complexity index is 1430. The lowest BCUT2D eigenvalue weighted by Gasteiger charge is -2.07. The van der Waals surface area contributed by atoms with Crippen molar-refractivity contribution in [2.45, 2.75) is 30.9 Å². The largest absolute Gasteiger partial charge is 0.403 e. The third-order valence-electron chi connectivity index (χ3n) is 4.91. The number of nitrogens with zero attached hydrogens (tertiary/aromatic N) is 3. The summed E-state index contributed by atoms with van der Waals surface area (Å²) in [5, 5.41) is 14.2. The molecule has 0 bridgehead atoms. The third-order valence-corrected chi connectivity index (χ3v) is 7.41. The van der Waals surface area contributed by atoms with Gasteiger partial charge >= 0.3 is 6.01 Å². The van der Waals surface area contributed by atoms with Crippen molar-refractivity contribution < 1.29 is 22.2 Å². The number of aromatic nitrogens is 3. The van der Waals surface area contributed by atoms with Gasteiger partial charge in [-0.15, -0.1) is 5.10 Å². The number of halogens is 1. The quantitative estimate of drug-likeness (QED) is 0.412. The summed E-state index contributed by atoms with van der Waals surface area (Å²) in [6, 6.07) is 12.9. The lowest BCUT2D eigenvalue weighted by Crippen LogP contribution is -2.13. The lowest BCUT2D eigenvalue weighted by atomic mass is 10.1. The molecule has 0 fully saturated rings. The van der Waals surface area contributed by atoms with E-state index in [0.29, 0.717) is 21.9 Å². The van der Waals surface area contributed by atoms with Crippen molar-refractivity contribution in [1.29, 1.82) is 0 Å². The highest BCUT2D eigenvalue weighted by Crippen LogP contribution is 2.31. The summed E-state index contributed by atoms with van der Waals surface area (Å²) in [7, 11) is -3.39. The molecule has 0 saturated carbocycles. The number of amides is 1. The number of carbonyl (C=O) groups excluding carboxylic acids is 1. The summed E-state index contributed by atoms with van der Waals surface area (Å²) in [6.07, 6.45) is 0. The first-order chi connectivity index (χ1) is 15.7. The van der Waals surface area contributed by atoms with Gasteiger partial charge in [0.2, 0.25) is 5.89 Å². The fourth-order valence-corrected chi connectivity index (χ4v) is 4.37. The summed E-state index contributed by atoms with van der Waals surface area (Å²) >= 11 is 6.24. The van der Waals surface area contributed by atoms with Gasteiger partial charge in [0.25, 0.3) is 5.91 Å². The molecule has 1 amide bonds. The highest BCUT2D eigenvalue weighted by molar-refractivity contribution is 7.92. The van der Waals surface area contributed by atoms with Gasteiger partial charge in [-0.1, -0.05) is 40.1 Å². The second kappa shape index (κ2) is 8.80. The Morgan fingerprint density at radius 2 is 1.76 bits per heavy atom. The van der Waals surface area contributed by atoms with E-state index in [-0.39, 0.29) is 28.1 Å². The molecule has 0 radical (unpaired) electrons. The summed E-state index contributed by atoms with van der Waals surface area (Å²) in [4.78, 5) is 13.1. The maximum Gasteiger partial charge on any atom is 0.322 e. The fourth-order valence-electron chi connectivity index (χ4n) is 3.09. The number of aryl methyl sites for hydroxylation is 1. The number of rotatable bonds is 6. The van der Waals surface area contributed by atoms with Crippen molar-refractivity contribution in [3.8, 4) is 22.7 Å². The fraction of sp³-hybridized carbons (Fsp3) is 0.182. The van der Waals surface area contributed by atoms with Crippen LogP contribution in [0, 0.1) is 6.92 Å². The van der Waals surface area contributed by atoms with Crippen LogP contribution in [0.2, 0.25) is 5.02 Å². The number of sulfone groups is 1. The lowest BCUT2D eigenvalue weighted by molar-refractivity contribution is 0.102. The minimum Gasteiger partial charge on any atom is -0.403 e. The average molecular weight is 487 g/mol. The number of hydrogen-bond donors (Lipinski definition) is 1. The van der Waals surface area contributed by atoms with Gasteiger partial charge < -0.3 is 8.94 Å². The Hall–Kier alpha value is -3.50. The molecule has 0 spiro atoms. The van der Waals surface area contributed by atoms with Crippen LogP contribution in [-0.4, -0.2) is 34.9 Å². The van der Waals surface area contributed by atoms with E-state index in [9.17, 15) is 13.2 Å². The molecule has 0 saturated heterocycles. The molecule has 0 unspecified atom stereocenters. The second-order valence-corrected chi connectivity index (χ2v) is 10.3. The topological polar surface area (TPSA) is 128 Å². The van der Waals surface area contributed by atoms with Gasteiger partial charge in [-0.3, -0.25) is 10.1 Å². The van der Waals surface area contributed by atoms with Crippen LogP contribution < -0.4 is 5.32 Å². The monoisotopic (exact) mass is 486 g/mol. The molecule has 2 aromatic carbocycles. The number of hydrogen-bond acceptors (Lipinski definition) is 8. The van der Waals surface area contributed by atoms with Crippen LogP contribution in [0.15, 0.2) is 62.4 Å². The van der Waals surface area contributed by atoms with Crippen LogP contribution >= 0.6 is 11.6 Å². The zero-order valence-electron chi connectivity index (χ0n) is 17.9. The SMILES string of the molecule is Cc1onc(-c2ccccc2Cl)c1C(=O)Nc1nnc(-c2ccc(S(=O)(=O)C(C)C)cc2)o1. The zero-order chi connectivity index (χ0) is 23.8. The van der Waals surface area contributed by atoms with E-state index in [1.165, 1.54) is 12.1 Å². The first-order valence-electron chi connectivity index (χ1n) is 9.89. The summed E-state index contributed by atoms with van der Waals surface area (Å²) < 4.78 is 35.3. The van der Waals surface area contributed by atoms with Gasteiger partial charge in [0.05, 0.1) is 15.2 Å². The van der Waals surface area contributed by atoms with E-state index in [1.807, 2.05) is 0 Å². The van der Waals surface area contributed by atoms with Crippen LogP contribution in [0.1, 0.15) is 30.0 Å². The van der Waals surface area contributed by atoms with E-state index in [0.717, 1.165) is 0 Å². The molecule has 1 N–H and O–H groups in total. The molecule has 4 aromatic rings. The maximum atomic E-state index is 12.9. The smallest absolute Gasteiger partial charge is 0.322 e. The first-order valence-corrected chi connectivity index (χ1v) is 11.8. The minimum absolute atomic E-state index is 0.118. The Kier molecular flexibility index (Phi) is 6.05. The van der Waals surface area contributed by atoms with Crippen LogP contribution in [0.5, 0.6) is 0 Å². The molecule has 33 heavy (non-hydrogen) atoms. The number of benzene rings is 2. The van der Waals surface area contributed by atoms with Gasteiger partial charge in [0.1, 0.15) is 17.0 Å². The van der Waals surface area contributed by atoms with Crippen molar-refractivity contribution in [3.63, 3.8) is 0 Å². The van der Waals surface area contributed by atoms with Gasteiger partial charge in [-0.2, -0.15) is 0 Å². The molecular weight excluding hydrogens is 468 g/mol. The summed E-state index contributed by atoms with van der Waals surface area (Å²) in [6.45, 7) is 4.84. The molecule has 9 nitrogen and oxygen atoms in total. The molecule has 0 aliphatic carbocycles. The van der Waals surface area contributed by atoms with Crippen LogP contribution in [0.3, 0.4) is 0 Å². The minimum atomic E-state index is -3.39. The van der Waals surface area contributed by atoms with Crippen molar-refractivity contribution >= 4 is 33.4 Å². The molecule has 11 heteroatoms. The van der Waals surface area contributed by atoms with Crippen LogP contribution in [-0.2, 0) is 9.84 Å². The molecular formula is C22H19ClN4O5S. The Morgan fingerprint density at radius 3 is 2.42 bits per heavy atom. The third kappa shape index (κ3) is 4.39. The predicted molar refractivity (Wildman–Crippen MR) is 122 cm³/mol. The normalized spacial score (nSPS) is 11.7. The van der Waals surface area contributed by atoms with Crippen molar-refractivity contribution in [1.82, 2.24) is 15.4 Å². The van der Waals surface area contributed by atoms with E-state index >= 15 is 0 Å². The Morgan fingerprint density at radius 1 is 1.06 bits per heavy atom. The van der Waals surface area contributed by atoms with Gasteiger partial charge in [0.15, 0.2) is 9.84 Å². The van der Waals surface area contributed by atoms with Gasteiger partial charge in [-0.05, 0) is 51.1 Å². The van der Waals surface area contributed by atoms with Crippen molar-refractivity contribution in [2.75, 3.05) is 5.32 Å². The van der Waals surface area contributed by atoms with E-state index in [2.05, 4.69) is 20.7 Å². The molecule has 170 valence electrons. The van der Waals surface area contributed by atoms with E-state index < -0.39 is 21.0 Å². The molecule has 4 rings (SSSR count). The number of nitrogens with one attached hydrogen (secondary N) is 1. The Balaban J connectivity index is 1.56. The van der Waals surface area contributed by atoms with E-state index in [1.54, 1.807) is 57.2 Å². The maximum absolute atomic E-state index is 12.9. The summed E-state index contributed by atoms with van der Waals surface area (Å²) in [5.74, 6) is -0.145. The summed E-state index contributed by atoms with van der Waals surface area (Å²) in [5.41, 5.74) is 1.52. The Labute approximate surface area is 194 Å². The zero-order valence-corrected chi connectivity index (χ0v) is 19.4. The number of carbonyl (C=O) groups is 1. The molecule has 0 aliphatic rings. The average Bonchev–Trinajstić information content (AvgIpc) is 3.40. The molecule has 0 aliphatic heterocycles. The predicted octanol–water partition coefficient (Wildman–Crippen LogP) is 4.79. The van der Waals surface area contributed by atoms with E-state index in [4.69, 9.17) is 20.5 Å². The highest BCUT2D eigenvalue weighted by Gasteiger charge is 2.25. The first kappa shape index (κ1) is 22.7. The number of anilines is 1. The van der Waals surface area contributed by atoms with Crippen LogP contribution in [0.4, 0.5) is 6.01 Å². The molecule has 0 atom stereocenters. The molecule has 2 heterocycles. The molecule has 2 aromatic heterocycles. The standard InChI is InChI=1S/C22H19ClN4O5S/c1-12(2)33(29,30)15-10-8-14(9-11-15)21-25-26-22(31-21)24-20(28)18-13(3)32-27-19(18)16-6-4-5-7-17(16)23/h4-12H,1-3H3,(H,24,26,28). The van der Waals surface area contributed by atoms with Crippen molar-refractivity contribution in [2.24, 2.45) is 0 Å². The highest BCUT2D eigenvalue weighted by atomic mass is 35.5. The van der Waals surface area contributed by atoms with Gasteiger partial charge in [-0.25, -0.2) is 8.42 Å². The second-order valence-electron chi connectivity index (χ2n) is 7.43. The van der Waals surface area contributed by atoms with Gasteiger partial charge in [0, 0.05) is 11.1 Å². The van der Waals surface area contributed by atoms with Crippen molar-refractivity contribution in [3.05, 3.63) is 64.9 Å². The van der Waals surface area contributed by atoms with Crippen LogP contribution in [0.25, 0.3) is 22.7 Å².